The molecule has 216 valence electrons. The van der Waals surface area contributed by atoms with E-state index < -0.39 is 45.2 Å². The van der Waals surface area contributed by atoms with Gasteiger partial charge in [0, 0.05) is 6.61 Å². The Kier molecular flexibility index (Phi) is 9.06. The predicted molar refractivity (Wildman–Crippen MR) is 145 cm³/mol. The Morgan fingerprint density at radius 3 is 1.85 bits per heavy atom. The highest BCUT2D eigenvalue weighted by atomic mass is 32.2. The molecule has 0 aliphatic carbocycles. The van der Waals surface area contributed by atoms with Crippen molar-refractivity contribution in [1.29, 1.82) is 0 Å². The molecule has 2 amide bonds. The summed E-state index contributed by atoms with van der Waals surface area (Å²) in [5, 5.41) is -1.91. The van der Waals surface area contributed by atoms with Crippen LogP contribution in [0.15, 0.2) is 78.9 Å². The summed E-state index contributed by atoms with van der Waals surface area (Å²) in [6.45, 7) is 0.0532. The van der Waals surface area contributed by atoms with E-state index in [1.165, 1.54) is 0 Å². The standard InChI is InChI=1S/C29H29NO10S/c1-37-23-14-10-21(11-15-23)29(20-7-4-3-5-8-20,22-12-16-24(38-2)17-13-22)39-18-6-9-27(32)40-30-26(31)19-25(28(30)33)41(34,35)36/h3-5,7-8,10-17,25H,6,9,18-19H2,1-2H3,(H,34,35,36)/t25-/m1/s1. The number of hydrogen-bond donors (Lipinski definition) is 1. The Bertz CT molecular complexity index is 1440. The maximum absolute atomic E-state index is 12.5. The van der Waals surface area contributed by atoms with Gasteiger partial charge in [0.1, 0.15) is 17.1 Å². The van der Waals surface area contributed by atoms with E-state index in [-0.39, 0.29) is 24.5 Å². The van der Waals surface area contributed by atoms with Gasteiger partial charge < -0.3 is 19.0 Å². The van der Waals surface area contributed by atoms with Gasteiger partial charge in [0.15, 0.2) is 5.25 Å². The molecule has 12 heteroatoms. The summed E-state index contributed by atoms with van der Waals surface area (Å²) in [7, 11) is -1.67. The number of methoxy groups -OCH3 is 2. The molecule has 0 saturated carbocycles. The maximum Gasteiger partial charge on any atom is 0.333 e. The van der Waals surface area contributed by atoms with E-state index in [2.05, 4.69) is 0 Å². The first kappa shape index (κ1) is 29.7. The first-order valence-electron chi connectivity index (χ1n) is 12.6. The van der Waals surface area contributed by atoms with E-state index in [1.54, 1.807) is 14.2 Å². The van der Waals surface area contributed by atoms with Gasteiger partial charge in [0.2, 0.25) is 0 Å². The summed E-state index contributed by atoms with van der Waals surface area (Å²) in [6.07, 6.45) is -0.918. The fourth-order valence-corrected chi connectivity index (χ4v) is 5.28. The average Bonchev–Trinajstić information content (AvgIpc) is 3.27. The van der Waals surface area contributed by atoms with Crippen molar-refractivity contribution in [3.8, 4) is 11.5 Å². The molecule has 1 aliphatic rings. The van der Waals surface area contributed by atoms with Crippen LogP contribution in [0.1, 0.15) is 36.0 Å². The lowest BCUT2D eigenvalue weighted by Crippen LogP contribution is -2.36. The van der Waals surface area contributed by atoms with Crippen LogP contribution in [-0.2, 0) is 39.7 Å². The van der Waals surface area contributed by atoms with E-state index in [0.717, 1.165) is 16.7 Å². The Hall–Kier alpha value is -4.26. The molecule has 3 aromatic rings. The van der Waals surface area contributed by atoms with E-state index >= 15 is 0 Å². The average molecular weight is 584 g/mol. The van der Waals surface area contributed by atoms with Crippen LogP contribution in [0.2, 0.25) is 0 Å². The van der Waals surface area contributed by atoms with Crippen LogP contribution in [0.5, 0.6) is 11.5 Å². The van der Waals surface area contributed by atoms with Crippen LogP contribution >= 0.6 is 0 Å². The van der Waals surface area contributed by atoms with Gasteiger partial charge in [-0.3, -0.25) is 14.1 Å². The molecule has 1 atom stereocenters. The Labute approximate surface area is 237 Å². The van der Waals surface area contributed by atoms with Gasteiger partial charge in [-0.25, -0.2) is 4.79 Å². The van der Waals surface area contributed by atoms with E-state index in [0.29, 0.717) is 11.5 Å². The topological polar surface area (TPSA) is 146 Å². The minimum Gasteiger partial charge on any atom is -0.497 e. The molecule has 3 aromatic carbocycles. The summed E-state index contributed by atoms with van der Waals surface area (Å²) in [4.78, 5) is 41.5. The van der Waals surface area contributed by atoms with Crippen molar-refractivity contribution in [3.63, 3.8) is 0 Å². The van der Waals surface area contributed by atoms with Crippen LogP contribution < -0.4 is 9.47 Å². The number of amides is 2. The van der Waals surface area contributed by atoms with Crippen LogP contribution in [0, 0.1) is 0 Å². The third-order valence-corrected chi connectivity index (χ3v) is 7.72. The second kappa shape index (κ2) is 12.5. The van der Waals surface area contributed by atoms with Crippen LogP contribution in [0.25, 0.3) is 0 Å². The zero-order valence-electron chi connectivity index (χ0n) is 22.4. The molecule has 1 aliphatic heterocycles. The van der Waals surface area contributed by atoms with Crippen molar-refractivity contribution in [2.24, 2.45) is 0 Å². The summed E-state index contributed by atoms with van der Waals surface area (Å²) in [5.41, 5.74) is 1.30. The fraction of sp³-hybridized carbons (Fsp3) is 0.276. The van der Waals surface area contributed by atoms with Crippen LogP contribution in [0.3, 0.4) is 0 Å². The van der Waals surface area contributed by atoms with Crippen molar-refractivity contribution in [2.45, 2.75) is 30.1 Å². The fourth-order valence-electron chi connectivity index (χ4n) is 4.57. The molecule has 41 heavy (non-hydrogen) atoms. The molecule has 0 unspecified atom stereocenters. The van der Waals surface area contributed by atoms with Gasteiger partial charge >= 0.3 is 5.97 Å². The van der Waals surface area contributed by atoms with Crippen LogP contribution in [-0.4, -0.2) is 61.9 Å². The largest absolute Gasteiger partial charge is 0.497 e. The third kappa shape index (κ3) is 6.40. The predicted octanol–water partition coefficient (Wildman–Crippen LogP) is 3.27. The first-order valence-corrected chi connectivity index (χ1v) is 14.1. The summed E-state index contributed by atoms with van der Waals surface area (Å²) < 4.78 is 49.1. The van der Waals surface area contributed by atoms with Crippen molar-refractivity contribution in [2.75, 3.05) is 20.8 Å². The lowest BCUT2D eigenvalue weighted by atomic mass is 9.80. The number of hydrogen-bond acceptors (Lipinski definition) is 9. The van der Waals surface area contributed by atoms with Gasteiger partial charge in [-0.05, 0) is 47.4 Å². The van der Waals surface area contributed by atoms with Crippen molar-refractivity contribution in [1.82, 2.24) is 5.06 Å². The molecule has 11 nitrogen and oxygen atoms in total. The Morgan fingerprint density at radius 1 is 0.878 bits per heavy atom. The zero-order chi connectivity index (χ0) is 29.6. The molecule has 1 fully saturated rings. The van der Waals surface area contributed by atoms with Crippen molar-refractivity contribution < 1.29 is 46.4 Å². The number of benzene rings is 3. The van der Waals surface area contributed by atoms with E-state index in [1.807, 2.05) is 78.9 Å². The van der Waals surface area contributed by atoms with Crippen molar-refractivity contribution >= 4 is 27.9 Å². The van der Waals surface area contributed by atoms with E-state index in [4.69, 9.17) is 23.6 Å². The quantitative estimate of drug-likeness (QED) is 0.146. The number of nitrogens with zero attached hydrogens (tertiary/aromatic N) is 1. The third-order valence-electron chi connectivity index (χ3n) is 6.63. The lowest BCUT2D eigenvalue weighted by Gasteiger charge is -2.36. The lowest BCUT2D eigenvalue weighted by molar-refractivity contribution is -0.197. The minimum absolute atomic E-state index is 0.0532. The summed E-state index contributed by atoms with van der Waals surface area (Å²) >= 11 is 0. The first-order chi connectivity index (χ1) is 19.6. The molecule has 0 spiro atoms. The van der Waals surface area contributed by atoms with Gasteiger partial charge in [-0.15, -0.1) is 5.06 Å². The smallest absolute Gasteiger partial charge is 0.333 e. The number of imide groups is 1. The molecule has 1 saturated heterocycles. The van der Waals surface area contributed by atoms with Gasteiger partial charge in [-0.1, -0.05) is 54.6 Å². The molecule has 4 rings (SSSR count). The normalized spacial score (nSPS) is 15.6. The number of ether oxygens (including phenoxy) is 3. The second-order valence-electron chi connectivity index (χ2n) is 9.15. The molecular weight excluding hydrogens is 554 g/mol. The second-order valence-corrected chi connectivity index (χ2v) is 10.8. The highest BCUT2D eigenvalue weighted by molar-refractivity contribution is 7.87. The number of hydroxylamine groups is 2. The van der Waals surface area contributed by atoms with Gasteiger partial charge in [0.05, 0.1) is 27.1 Å². The molecule has 0 radical (unpaired) electrons. The SMILES string of the molecule is COc1ccc(C(OCCCC(=O)ON2C(=O)C[C@@H](S(=O)(=O)O)C2=O)(c2ccccc2)c2ccc(OC)cc2)cc1. The molecule has 0 bridgehead atoms. The van der Waals surface area contributed by atoms with Crippen molar-refractivity contribution in [3.05, 3.63) is 95.6 Å². The highest BCUT2D eigenvalue weighted by Crippen LogP contribution is 2.41. The summed E-state index contributed by atoms with van der Waals surface area (Å²) in [5.74, 6) is -1.97. The molecule has 1 heterocycles. The number of rotatable bonds is 12. The molecule has 0 aromatic heterocycles. The Balaban J connectivity index is 1.56. The zero-order valence-corrected chi connectivity index (χ0v) is 23.2. The minimum atomic E-state index is -4.82. The number of carbonyl (C=O) groups is 3. The maximum atomic E-state index is 12.5. The monoisotopic (exact) mass is 583 g/mol. The van der Waals surface area contributed by atoms with Gasteiger partial charge in [-0.2, -0.15) is 8.42 Å². The van der Waals surface area contributed by atoms with E-state index in [9.17, 15) is 22.8 Å². The van der Waals surface area contributed by atoms with Crippen LogP contribution in [0.4, 0.5) is 0 Å². The van der Waals surface area contributed by atoms with Gasteiger partial charge in [0.25, 0.3) is 21.9 Å². The summed E-state index contributed by atoms with van der Waals surface area (Å²) in [6, 6.07) is 24.4. The molecule has 1 N–H and O–H groups in total. The number of carbonyl (C=O) groups excluding carboxylic acids is 3. The Morgan fingerprint density at radius 2 is 1.39 bits per heavy atom. The molecular formula is C29H29NO10S. The highest BCUT2D eigenvalue weighted by Gasteiger charge is 2.48.